The van der Waals surface area contributed by atoms with Crippen LogP contribution < -0.4 is 10.3 Å². The number of benzene rings is 1. The molecule has 0 saturated carbocycles. The molecule has 0 spiro atoms. The molecule has 0 unspecified atom stereocenters. The van der Waals surface area contributed by atoms with Crippen LogP contribution in [0.25, 0.3) is 10.9 Å². The lowest BCUT2D eigenvalue weighted by atomic mass is 10.1. The lowest BCUT2D eigenvalue weighted by Crippen LogP contribution is -2.17. The van der Waals surface area contributed by atoms with Gasteiger partial charge in [-0.15, -0.1) is 0 Å². The van der Waals surface area contributed by atoms with E-state index in [0.717, 1.165) is 22.3 Å². The molecule has 3 rings (SSSR count). The smallest absolute Gasteiger partial charge is 0.254 e. The number of methoxy groups -OCH3 is 1. The maximum absolute atomic E-state index is 11.9. The molecule has 118 valence electrons. The van der Waals surface area contributed by atoms with Crippen LogP contribution in [0.1, 0.15) is 28.6 Å². The molecule has 0 atom stereocenters. The van der Waals surface area contributed by atoms with Gasteiger partial charge in [-0.3, -0.25) is 4.79 Å². The molecule has 0 radical (unpaired) electrons. The van der Waals surface area contributed by atoms with Gasteiger partial charge >= 0.3 is 0 Å². The summed E-state index contributed by atoms with van der Waals surface area (Å²) in [5.41, 5.74) is 2.87. The molecule has 3 aromatic rings. The Hall–Kier alpha value is -2.76. The third-order valence-corrected chi connectivity index (χ3v) is 3.92. The van der Waals surface area contributed by atoms with Crippen LogP contribution in [0.5, 0.6) is 5.75 Å². The lowest BCUT2D eigenvalue weighted by molar-refractivity contribution is 0.418. The maximum Gasteiger partial charge on any atom is 0.254 e. The van der Waals surface area contributed by atoms with Crippen LogP contribution in [-0.4, -0.2) is 27.0 Å². The summed E-state index contributed by atoms with van der Waals surface area (Å²) >= 11 is 0. The molecule has 0 saturated heterocycles. The van der Waals surface area contributed by atoms with E-state index < -0.39 is 0 Å². The molecule has 0 aliphatic carbocycles. The van der Waals surface area contributed by atoms with Crippen molar-refractivity contribution in [1.29, 1.82) is 0 Å². The summed E-state index contributed by atoms with van der Waals surface area (Å²) < 4.78 is 5.38. The van der Waals surface area contributed by atoms with E-state index >= 15 is 0 Å². The van der Waals surface area contributed by atoms with Gasteiger partial charge in [0.25, 0.3) is 5.56 Å². The second-order valence-corrected chi connectivity index (χ2v) is 5.48. The summed E-state index contributed by atoms with van der Waals surface area (Å²) in [7, 11) is 1.62. The molecule has 0 aliphatic rings. The van der Waals surface area contributed by atoms with Crippen molar-refractivity contribution < 1.29 is 4.74 Å². The van der Waals surface area contributed by atoms with Crippen LogP contribution in [-0.2, 0) is 6.42 Å². The Bertz CT molecular complexity index is 947. The summed E-state index contributed by atoms with van der Waals surface area (Å²) in [6.07, 6.45) is 0.366. The predicted molar refractivity (Wildman–Crippen MR) is 88.0 cm³/mol. The Morgan fingerprint density at radius 1 is 1.09 bits per heavy atom. The molecule has 2 aromatic heterocycles. The van der Waals surface area contributed by atoms with E-state index in [4.69, 9.17) is 4.74 Å². The number of aryl methyl sites for hydroxylation is 2. The number of ether oxygens (including phenoxy) is 1. The SMILES string of the molecule is COc1cccc2c(C)nc(Cc3nc(C)c(C)c(=O)[nH]3)nc12. The monoisotopic (exact) mass is 310 g/mol. The van der Waals surface area contributed by atoms with Crippen LogP contribution in [0.4, 0.5) is 0 Å². The number of H-pyrrole nitrogens is 1. The molecule has 6 heteroatoms. The van der Waals surface area contributed by atoms with Gasteiger partial charge in [-0.25, -0.2) is 15.0 Å². The van der Waals surface area contributed by atoms with E-state index in [1.54, 1.807) is 14.0 Å². The van der Waals surface area contributed by atoms with Crippen LogP contribution in [0.15, 0.2) is 23.0 Å². The number of hydrogen-bond acceptors (Lipinski definition) is 5. The Balaban J connectivity index is 2.09. The highest BCUT2D eigenvalue weighted by Gasteiger charge is 2.11. The highest BCUT2D eigenvalue weighted by molar-refractivity contribution is 5.86. The average Bonchev–Trinajstić information content (AvgIpc) is 2.52. The standard InChI is InChI=1S/C17H18N4O2/c1-9-10(2)18-15(21-17(9)22)8-14-19-11(3)12-6-5-7-13(23-4)16(12)20-14/h5-7H,8H2,1-4H3,(H,18,21,22). The third kappa shape index (κ3) is 2.79. The Morgan fingerprint density at radius 2 is 1.87 bits per heavy atom. The second-order valence-electron chi connectivity index (χ2n) is 5.48. The first-order chi connectivity index (χ1) is 11.0. The summed E-state index contributed by atoms with van der Waals surface area (Å²) in [5, 5.41) is 0.953. The number of hydrogen-bond donors (Lipinski definition) is 1. The molecule has 1 aromatic carbocycles. The summed E-state index contributed by atoms with van der Waals surface area (Å²) in [6.45, 7) is 5.51. The molecule has 0 bridgehead atoms. The minimum atomic E-state index is -0.123. The minimum absolute atomic E-state index is 0.123. The minimum Gasteiger partial charge on any atom is -0.494 e. The van der Waals surface area contributed by atoms with E-state index in [2.05, 4.69) is 19.9 Å². The maximum atomic E-state index is 11.9. The van der Waals surface area contributed by atoms with Crippen molar-refractivity contribution >= 4 is 10.9 Å². The molecule has 0 amide bonds. The van der Waals surface area contributed by atoms with Crippen molar-refractivity contribution in [2.75, 3.05) is 7.11 Å². The van der Waals surface area contributed by atoms with Crippen molar-refractivity contribution in [1.82, 2.24) is 19.9 Å². The number of nitrogens with zero attached hydrogens (tertiary/aromatic N) is 3. The predicted octanol–water partition coefficient (Wildman–Crippen LogP) is 2.24. The van der Waals surface area contributed by atoms with E-state index in [1.165, 1.54) is 0 Å². The molecule has 0 fully saturated rings. The van der Waals surface area contributed by atoms with Crippen molar-refractivity contribution in [3.05, 3.63) is 57.2 Å². The Labute approximate surface area is 133 Å². The van der Waals surface area contributed by atoms with Crippen LogP contribution >= 0.6 is 0 Å². The van der Waals surface area contributed by atoms with Crippen LogP contribution in [0, 0.1) is 20.8 Å². The lowest BCUT2D eigenvalue weighted by Gasteiger charge is -2.09. The highest BCUT2D eigenvalue weighted by atomic mass is 16.5. The first-order valence-electron chi connectivity index (χ1n) is 7.36. The zero-order valence-corrected chi connectivity index (χ0v) is 13.6. The molecule has 2 heterocycles. The topological polar surface area (TPSA) is 80.8 Å². The highest BCUT2D eigenvalue weighted by Crippen LogP contribution is 2.25. The van der Waals surface area contributed by atoms with Gasteiger partial charge < -0.3 is 9.72 Å². The number of fused-ring (bicyclic) bond motifs is 1. The quantitative estimate of drug-likeness (QED) is 0.802. The van der Waals surface area contributed by atoms with Crippen molar-refractivity contribution in [2.45, 2.75) is 27.2 Å². The molecule has 23 heavy (non-hydrogen) atoms. The van der Waals surface area contributed by atoms with Gasteiger partial charge in [-0.2, -0.15) is 0 Å². The normalized spacial score (nSPS) is 11.0. The van der Waals surface area contributed by atoms with E-state index in [9.17, 15) is 4.79 Å². The zero-order chi connectivity index (χ0) is 16.6. The molecule has 6 nitrogen and oxygen atoms in total. The summed E-state index contributed by atoms with van der Waals surface area (Å²) in [4.78, 5) is 28.2. The van der Waals surface area contributed by atoms with E-state index in [-0.39, 0.29) is 5.56 Å². The molecule has 0 aliphatic heterocycles. The first kappa shape index (κ1) is 15.1. The van der Waals surface area contributed by atoms with Gasteiger partial charge in [0, 0.05) is 22.3 Å². The number of para-hydroxylation sites is 1. The summed E-state index contributed by atoms with van der Waals surface area (Å²) in [5.74, 6) is 1.87. The van der Waals surface area contributed by atoms with Crippen molar-refractivity contribution in [3.63, 3.8) is 0 Å². The second kappa shape index (κ2) is 5.79. The van der Waals surface area contributed by atoms with Crippen LogP contribution in [0.2, 0.25) is 0 Å². The number of nitrogens with one attached hydrogen (secondary N) is 1. The van der Waals surface area contributed by atoms with Crippen molar-refractivity contribution in [2.24, 2.45) is 0 Å². The zero-order valence-electron chi connectivity index (χ0n) is 13.6. The Morgan fingerprint density at radius 3 is 2.57 bits per heavy atom. The van der Waals surface area contributed by atoms with Gasteiger partial charge in [0.05, 0.1) is 13.5 Å². The fourth-order valence-electron chi connectivity index (χ4n) is 2.52. The van der Waals surface area contributed by atoms with Gasteiger partial charge in [0.2, 0.25) is 0 Å². The number of aromatic amines is 1. The fraction of sp³-hybridized carbons (Fsp3) is 0.294. The largest absolute Gasteiger partial charge is 0.494 e. The fourth-order valence-corrected chi connectivity index (χ4v) is 2.52. The summed E-state index contributed by atoms with van der Waals surface area (Å²) in [6, 6.07) is 5.75. The molecular weight excluding hydrogens is 292 g/mol. The van der Waals surface area contributed by atoms with Gasteiger partial charge in [0.15, 0.2) is 0 Å². The first-order valence-corrected chi connectivity index (χ1v) is 7.36. The van der Waals surface area contributed by atoms with Gasteiger partial charge in [-0.1, -0.05) is 12.1 Å². The van der Waals surface area contributed by atoms with Crippen molar-refractivity contribution in [3.8, 4) is 5.75 Å². The Kier molecular flexibility index (Phi) is 3.82. The van der Waals surface area contributed by atoms with Crippen LogP contribution in [0.3, 0.4) is 0 Å². The molecular formula is C17H18N4O2. The number of rotatable bonds is 3. The van der Waals surface area contributed by atoms with Gasteiger partial charge in [0.1, 0.15) is 22.9 Å². The number of aromatic nitrogens is 4. The third-order valence-electron chi connectivity index (χ3n) is 3.92. The van der Waals surface area contributed by atoms with E-state index in [0.29, 0.717) is 29.4 Å². The van der Waals surface area contributed by atoms with Gasteiger partial charge in [-0.05, 0) is 26.8 Å². The average molecular weight is 310 g/mol. The molecule has 1 N–H and O–H groups in total. The van der Waals surface area contributed by atoms with E-state index in [1.807, 2.05) is 32.0 Å².